The number of benzene rings is 1. The molecule has 2 fully saturated rings. The molecule has 260 valence electrons. The summed E-state index contributed by atoms with van der Waals surface area (Å²) < 4.78 is 5.68. The fourth-order valence-corrected chi connectivity index (χ4v) is 6.38. The van der Waals surface area contributed by atoms with Crippen LogP contribution in [0.4, 0.5) is 0 Å². The molecule has 0 spiro atoms. The number of hydrogen-bond acceptors (Lipinski definition) is 7. The van der Waals surface area contributed by atoms with Gasteiger partial charge in [0, 0.05) is 26.6 Å². The van der Waals surface area contributed by atoms with Gasteiger partial charge in [0.2, 0.25) is 23.6 Å². The van der Waals surface area contributed by atoms with Crippen LogP contribution in [-0.4, -0.2) is 95.7 Å². The van der Waals surface area contributed by atoms with Gasteiger partial charge in [0.25, 0.3) is 5.91 Å². The third-order valence-electron chi connectivity index (χ3n) is 8.93. The fraction of sp³-hybridized carbons (Fsp3) is 0.657. The lowest BCUT2D eigenvalue weighted by Gasteiger charge is -2.35. The summed E-state index contributed by atoms with van der Waals surface area (Å²) in [5, 5.41) is 8.50. The van der Waals surface area contributed by atoms with Gasteiger partial charge in [0.15, 0.2) is 6.10 Å². The maximum atomic E-state index is 14.0. The van der Waals surface area contributed by atoms with E-state index in [2.05, 4.69) is 16.0 Å². The van der Waals surface area contributed by atoms with Crippen LogP contribution in [0.5, 0.6) is 0 Å². The van der Waals surface area contributed by atoms with Gasteiger partial charge in [-0.05, 0) is 42.1 Å². The van der Waals surface area contributed by atoms with E-state index in [0.717, 1.165) is 5.56 Å². The molecule has 1 aromatic carbocycles. The van der Waals surface area contributed by atoms with E-state index in [1.54, 1.807) is 13.8 Å². The van der Waals surface area contributed by atoms with Crippen LogP contribution in [0.1, 0.15) is 73.3 Å². The van der Waals surface area contributed by atoms with Crippen molar-refractivity contribution in [1.82, 2.24) is 25.8 Å². The Morgan fingerprint density at radius 3 is 2.11 bits per heavy atom. The standard InChI is InChI=1S/C35H53N5O7/c1-20(2)18-26-34(45)40-17-15-23(7)30(40)33(44)37-25(19-24-12-10-9-11-13-24)31(42)38-28(21(3)4)35(46)39(8)29(22(5)6)32(43)36-16-14-27(41)47-26/h9-13,20-23,25-26,28-30H,14-19H2,1-8H3,(H,36,43)(H,37,44)(H,38,42)/t23-,25-,26-,28-,29-,30-/m0/s1. The van der Waals surface area contributed by atoms with Crippen LogP contribution in [0.15, 0.2) is 30.3 Å². The third kappa shape index (κ3) is 9.77. The second-order valence-electron chi connectivity index (χ2n) is 14.0. The van der Waals surface area contributed by atoms with E-state index in [-0.39, 0.29) is 49.5 Å². The average Bonchev–Trinajstić information content (AvgIpc) is 3.39. The van der Waals surface area contributed by atoms with Gasteiger partial charge in [0.05, 0.1) is 6.42 Å². The van der Waals surface area contributed by atoms with E-state index in [4.69, 9.17) is 4.74 Å². The Hall–Kier alpha value is -3.96. The Bertz CT molecular complexity index is 1280. The van der Waals surface area contributed by atoms with Crippen molar-refractivity contribution in [3.8, 4) is 0 Å². The minimum atomic E-state index is -1.11. The molecule has 0 unspecified atom stereocenters. The highest BCUT2D eigenvalue weighted by Gasteiger charge is 2.44. The summed E-state index contributed by atoms with van der Waals surface area (Å²) in [5.74, 6) is -3.91. The van der Waals surface area contributed by atoms with Gasteiger partial charge < -0.3 is 30.5 Å². The number of cyclic esters (lactones) is 1. The van der Waals surface area contributed by atoms with Crippen LogP contribution in [-0.2, 0) is 39.9 Å². The van der Waals surface area contributed by atoms with Gasteiger partial charge in [-0.1, -0.05) is 78.8 Å². The number of nitrogens with zero attached hydrogens (tertiary/aromatic N) is 2. The minimum Gasteiger partial charge on any atom is -0.452 e. The first-order valence-corrected chi connectivity index (χ1v) is 16.8. The van der Waals surface area contributed by atoms with Gasteiger partial charge in [0.1, 0.15) is 24.2 Å². The van der Waals surface area contributed by atoms with Crippen LogP contribution < -0.4 is 16.0 Å². The maximum absolute atomic E-state index is 14.0. The number of fused-ring (bicyclic) bond motifs is 1. The molecule has 3 rings (SSSR count). The number of amides is 5. The van der Waals surface area contributed by atoms with Gasteiger partial charge >= 0.3 is 5.97 Å². The number of rotatable bonds is 6. The lowest BCUT2D eigenvalue weighted by atomic mass is 9.96. The van der Waals surface area contributed by atoms with Crippen LogP contribution in [0.3, 0.4) is 0 Å². The van der Waals surface area contributed by atoms with Crippen LogP contribution in [0.25, 0.3) is 0 Å². The summed E-state index contributed by atoms with van der Waals surface area (Å²) in [7, 11) is 1.52. The first kappa shape index (κ1) is 37.5. The highest BCUT2D eigenvalue weighted by atomic mass is 16.5. The molecule has 2 aliphatic heterocycles. The Morgan fingerprint density at radius 2 is 1.51 bits per heavy atom. The number of likely N-dealkylation sites (N-methyl/N-ethyl adjacent to an activating group) is 1. The van der Waals surface area contributed by atoms with Crippen molar-refractivity contribution < 1.29 is 33.5 Å². The molecule has 0 aromatic heterocycles. The smallest absolute Gasteiger partial charge is 0.308 e. The molecule has 2 saturated heterocycles. The SMILES string of the molecule is CC(C)C[C@@H]1OC(=O)CCNC(=O)[C@H](C(C)C)N(C)C(=O)[C@H](C(C)C)NC(=O)[C@H](Cc2ccccc2)NC(=O)[C@@H]2[C@@H](C)CCN2C1=O. The quantitative estimate of drug-likeness (QED) is 0.397. The van der Waals surface area contributed by atoms with Crippen molar-refractivity contribution >= 4 is 35.5 Å². The highest BCUT2D eigenvalue weighted by molar-refractivity contribution is 5.96. The minimum absolute atomic E-state index is 0.0121. The first-order valence-electron chi connectivity index (χ1n) is 16.8. The Morgan fingerprint density at radius 1 is 0.851 bits per heavy atom. The molecular formula is C35H53N5O7. The molecule has 47 heavy (non-hydrogen) atoms. The lowest BCUT2D eigenvalue weighted by Crippen LogP contribution is -2.61. The molecule has 0 aliphatic carbocycles. The molecular weight excluding hydrogens is 602 g/mol. The zero-order valence-corrected chi connectivity index (χ0v) is 29.1. The summed E-state index contributed by atoms with van der Waals surface area (Å²) in [6.45, 7) is 13.1. The molecule has 1 aromatic rings. The Labute approximate surface area is 278 Å². The van der Waals surface area contributed by atoms with Crippen molar-refractivity contribution in [2.45, 2.75) is 104 Å². The second-order valence-corrected chi connectivity index (χ2v) is 14.0. The number of nitrogens with one attached hydrogen (secondary N) is 3. The molecule has 0 bridgehead atoms. The number of ether oxygens (including phenoxy) is 1. The van der Waals surface area contributed by atoms with E-state index < -0.39 is 65.8 Å². The number of esters is 1. The summed E-state index contributed by atoms with van der Waals surface area (Å²) in [4.78, 5) is 84.9. The van der Waals surface area contributed by atoms with E-state index in [0.29, 0.717) is 13.0 Å². The van der Waals surface area contributed by atoms with E-state index in [9.17, 15) is 28.8 Å². The zero-order valence-electron chi connectivity index (χ0n) is 29.1. The number of carbonyl (C=O) groups excluding carboxylic acids is 6. The lowest BCUT2D eigenvalue weighted by molar-refractivity contribution is -0.162. The molecule has 12 heteroatoms. The number of hydrogen-bond donors (Lipinski definition) is 3. The maximum Gasteiger partial charge on any atom is 0.308 e. The molecule has 3 N–H and O–H groups in total. The van der Waals surface area contributed by atoms with Gasteiger partial charge in [-0.25, -0.2) is 0 Å². The summed E-state index contributed by atoms with van der Waals surface area (Å²) >= 11 is 0. The third-order valence-corrected chi connectivity index (χ3v) is 8.93. The predicted molar refractivity (Wildman–Crippen MR) is 176 cm³/mol. The predicted octanol–water partition coefficient (Wildman–Crippen LogP) is 2.05. The summed E-state index contributed by atoms with van der Waals surface area (Å²) in [6, 6.07) is 5.38. The molecule has 12 nitrogen and oxygen atoms in total. The van der Waals surface area contributed by atoms with Crippen molar-refractivity contribution in [2.24, 2.45) is 23.7 Å². The van der Waals surface area contributed by atoms with E-state index in [1.807, 2.05) is 65.0 Å². The molecule has 0 radical (unpaired) electrons. The molecule has 6 atom stereocenters. The topological polar surface area (TPSA) is 154 Å². The van der Waals surface area contributed by atoms with E-state index >= 15 is 0 Å². The molecule has 5 amide bonds. The van der Waals surface area contributed by atoms with Gasteiger partial charge in [-0.3, -0.25) is 28.8 Å². The zero-order chi connectivity index (χ0) is 35.0. The molecule has 2 heterocycles. The fourth-order valence-electron chi connectivity index (χ4n) is 6.38. The normalized spacial score (nSPS) is 27.6. The van der Waals surface area contributed by atoms with Crippen molar-refractivity contribution in [3.63, 3.8) is 0 Å². The number of carbonyl (C=O) groups is 6. The Kier molecular flexibility index (Phi) is 13.4. The van der Waals surface area contributed by atoms with Crippen LogP contribution >= 0.6 is 0 Å². The van der Waals surface area contributed by atoms with Crippen LogP contribution in [0, 0.1) is 23.7 Å². The van der Waals surface area contributed by atoms with Crippen molar-refractivity contribution in [1.29, 1.82) is 0 Å². The molecule has 0 saturated carbocycles. The largest absolute Gasteiger partial charge is 0.452 e. The van der Waals surface area contributed by atoms with Crippen LogP contribution in [0.2, 0.25) is 0 Å². The molecule has 2 aliphatic rings. The van der Waals surface area contributed by atoms with Crippen molar-refractivity contribution in [3.05, 3.63) is 35.9 Å². The highest BCUT2D eigenvalue weighted by Crippen LogP contribution is 2.27. The van der Waals surface area contributed by atoms with Gasteiger partial charge in [-0.15, -0.1) is 0 Å². The average molecular weight is 656 g/mol. The Balaban J connectivity index is 2.06. The second kappa shape index (κ2) is 16.7. The summed E-state index contributed by atoms with van der Waals surface area (Å²) in [5.41, 5.74) is 0.795. The summed E-state index contributed by atoms with van der Waals surface area (Å²) in [6.07, 6.45) is -0.326. The van der Waals surface area contributed by atoms with Gasteiger partial charge in [-0.2, -0.15) is 0 Å². The van der Waals surface area contributed by atoms with E-state index in [1.165, 1.54) is 16.8 Å². The monoisotopic (exact) mass is 655 g/mol. The first-order chi connectivity index (χ1) is 22.1. The van der Waals surface area contributed by atoms with Crippen molar-refractivity contribution in [2.75, 3.05) is 20.1 Å².